The second-order valence-corrected chi connectivity index (χ2v) is 38.8. The van der Waals surface area contributed by atoms with Gasteiger partial charge in [-0.2, -0.15) is 0 Å². The van der Waals surface area contributed by atoms with Crippen LogP contribution in [0.1, 0.15) is 95.2 Å². The van der Waals surface area contributed by atoms with Crippen LogP contribution in [0, 0.1) is 0 Å². The Morgan fingerprint density at radius 3 is 1.21 bits per heavy atom. The maximum Gasteiger partial charge on any atom is 0.223 e. The Morgan fingerprint density at radius 1 is 0.293 bits per heavy atom. The van der Waals surface area contributed by atoms with Crippen molar-refractivity contribution in [3.63, 3.8) is 0 Å². The summed E-state index contributed by atoms with van der Waals surface area (Å²) in [6, 6.07) is 114. The summed E-state index contributed by atoms with van der Waals surface area (Å²) in [7, 11) is 0. The molecule has 18 nitrogen and oxygen atoms in total. The first kappa shape index (κ1) is 97.8. The van der Waals surface area contributed by atoms with E-state index in [1.165, 1.54) is 30.5 Å². The molecular formula is C114H87Br3Cl5N17O. The van der Waals surface area contributed by atoms with Gasteiger partial charge in [0.2, 0.25) is 26.4 Å². The van der Waals surface area contributed by atoms with Crippen LogP contribution in [0.4, 0.5) is 0 Å². The molecule has 2 atom stereocenters. The minimum Gasteiger partial charge on any atom is -0.455 e. The van der Waals surface area contributed by atoms with Crippen LogP contribution < -0.4 is 0 Å². The highest BCUT2D eigenvalue weighted by molar-refractivity contribution is 9.11. The minimum absolute atomic E-state index is 0.0216. The molecule has 13 aromatic carbocycles. The van der Waals surface area contributed by atoms with Crippen molar-refractivity contribution < 1.29 is 4.42 Å². The van der Waals surface area contributed by atoms with Gasteiger partial charge in [0, 0.05) is 122 Å². The highest BCUT2D eigenvalue weighted by atomic mass is 79.9. The summed E-state index contributed by atoms with van der Waals surface area (Å²) in [5, 5.41) is 7.76. The minimum atomic E-state index is -0.0216. The Balaban J connectivity index is 0.000000113. The van der Waals surface area contributed by atoms with Gasteiger partial charge in [-0.15, -0.1) is 0 Å². The summed E-state index contributed by atoms with van der Waals surface area (Å²) in [5.74, 6) is 4.17. The van der Waals surface area contributed by atoms with Crippen molar-refractivity contribution >= 4 is 171 Å². The highest BCUT2D eigenvalue weighted by Gasteiger charge is 2.38. The van der Waals surface area contributed by atoms with Crippen LogP contribution in [0.25, 0.3) is 156 Å². The lowest BCUT2D eigenvalue weighted by Gasteiger charge is -2.19. The number of rotatable bonds is 8. The first-order chi connectivity index (χ1) is 67.9. The van der Waals surface area contributed by atoms with Gasteiger partial charge in [-0.3, -0.25) is 0 Å². The lowest BCUT2D eigenvalue weighted by Crippen LogP contribution is -2.14. The molecule has 26 heteroatoms. The van der Waals surface area contributed by atoms with Crippen LogP contribution in [-0.4, -0.2) is 84.7 Å². The Bertz CT molecular complexity index is 7770. The van der Waals surface area contributed by atoms with E-state index in [2.05, 4.69) is 191 Å². The molecule has 1 fully saturated rings. The van der Waals surface area contributed by atoms with Gasteiger partial charge in [0.25, 0.3) is 0 Å². The summed E-state index contributed by atoms with van der Waals surface area (Å²) in [6.45, 7) is 12.8. The Labute approximate surface area is 860 Å². The lowest BCUT2D eigenvalue weighted by molar-refractivity contribution is 0.574. The summed E-state index contributed by atoms with van der Waals surface area (Å²) in [5.41, 5.74) is 21.6. The van der Waals surface area contributed by atoms with E-state index in [1.807, 2.05) is 328 Å². The van der Waals surface area contributed by atoms with Crippen molar-refractivity contribution in [2.24, 2.45) is 0 Å². The first-order valence-electron chi connectivity index (χ1n) is 44.9. The molecule has 690 valence electrons. The number of benzene rings is 13. The monoisotopic (exact) mass is 2120 g/mol. The van der Waals surface area contributed by atoms with Crippen molar-refractivity contribution in [1.29, 1.82) is 0 Å². The zero-order valence-electron chi connectivity index (χ0n) is 76.5. The standard InChI is InChI=1S/C22H15BrN2.C21H14BrN3.C20H11ClN2O.C14H9ClN2.C12H13ClN2.C9H9ClN2.C8H11BrN2.C8H5ClN2/c23-19-13-11-18(12-14-19)22-24-20(16-7-3-1-4-8-16)15-21(25-22)17-9-5-2-6-10-17;22-18-13-11-17(12-14-18)21-24-19(15-7-3-1-4-8-15)23-20(25-21)16-9-5-2-6-10-16;21-20-22-16-10-3-1-7-14(16)18(23-20)15-9-5-8-13-12-6-2-4-11-17(12)24-19(13)15;15-14-16-12-9-5-4-8-11(12)13(17-14)10-6-2-1-3-7-10;1-12(2,3)10-8-6-4-5-7-9(8)14-11(13)15-10;10-9-11-4-7-5-1-2-6(3-5)8(7)12-9;1-8(2,3)6-4-10-7(9)11-5-6;9-8-10-5-6-3-1-2-4-7(6)11-8/h1-15H;1-14H;1-11H;1-9H;4-7H,1-3H3;4-6H,1-3H2;4-5H,1-3H3;1-5H. The van der Waals surface area contributed by atoms with Crippen LogP contribution in [0.15, 0.2) is 389 Å². The smallest absolute Gasteiger partial charge is 0.223 e. The van der Waals surface area contributed by atoms with Gasteiger partial charge >= 0.3 is 0 Å². The van der Waals surface area contributed by atoms with Gasteiger partial charge in [0.1, 0.15) is 11.2 Å². The molecule has 140 heavy (non-hydrogen) atoms. The summed E-state index contributed by atoms with van der Waals surface area (Å²) >= 11 is 39.5. The quantitative estimate of drug-likeness (QED) is 0.129. The molecular weight excluding hydrogens is 2040 g/mol. The van der Waals surface area contributed by atoms with E-state index in [-0.39, 0.29) is 21.4 Å². The van der Waals surface area contributed by atoms with E-state index in [0.29, 0.717) is 44.0 Å². The van der Waals surface area contributed by atoms with Gasteiger partial charge in [-0.25, -0.2) is 84.7 Å². The van der Waals surface area contributed by atoms with E-state index in [4.69, 9.17) is 82.4 Å². The molecule has 24 rings (SSSR count). The number of hydrogen-bond donors (Lipinski definition) is 0. The molecule has 2 aliphatic carbocycles. The molecule has 0 saturated heterocycles. The molecule has 9 heterocycles. The fourth-order valence-corrected chi connectivity index (χ4v) is 17.6. The van der Waals surface area contributed by atoms with E-state index in [1.54, 1.807) is 6.20 Å². The highest BCUT2D eigenvalue weighted by Crippen LogP contribution is 2.52. The van der Waals surface area contributed by atoms with E-state index in [9.17, 15) is 0 Å². The van der Waals surface area contributed by atoms with Crippen LogP contribution in [0.5, 0.6) is 0 Å². The zero-order valence-corrected chi connectivity index (χ0v) is 85.1. The third kappa shape index (κ3) is 24.7. The summed E-state index contributed by atoms with van der Waals surface area (Å²) in [4.78, 5) is 73.8. The molecule has 2 bridgehead atoms. The van der Waals surface area contributed by atoms with E-state index >= 15 is 0 Å². The van der Waals surface area contributed by atoms with Crippen molar-refractivity contribution in [2.45, 2.75) is 83.5 Å². The maximum absolute atomic E-state index is 6.15. The van der Waals surface area contributed by atoms with Gasteiger partial charge < -0.3 is 4.42 Å². The van der Waals surface area contributed by atoms with Gasteiger partial charge in [0.05, 0.1) is 56.2 Å². The first-order valence-corrected chi connectivity index (χ1v) is 49.2. The van der Waals surface area contributed by atoms with Gasteiger partial charge in [-0.05, 0) is 182 Å². The Kier molecular flexibility index (Phi) is 31.7. The van der Waals surface area contributed by atoms with E-state index in [0.717, 1.165) is 165 Å². The molecule has 0 spiro atoms. The van der Waals surface area contributed by atoms with Gasteiger partial charge in [0.15, 0.2) is 28.0 Å². The average Bonchev–Trinajstić information content (AvgIpc) is 1.66. The number of hydrogen-bond acceptors (Lipinski definition) is 18. The van der Waals surface area contributed by atoms with Crippen molar-refractivity contribution in [1.82, 2.24) is 84.7 Å². The molecule has 2 aliphatic rings. The van der Waals surface area contributed by atoms with Crippen LogP contribution in [-0.2, 0) is 10.8 Å². The van der Waals surface area contributed by atoms with Crippen LogP contribution in [0.2, 0.25) is 26.4 Å². The third-order valence-electron chi connectivity index (χ3n) is 22.9. The third-order valence-corrected chi connectivity index (χ3v) is 25.3. The van der Waals surface area contributed by atoms with Gasteiger partial charge in [-0.1, -0.05) is 352 Å². The normalized spacial score (nSPS) is 12.7. The van der Waals surface area contributed by atoms with Crippen LogP contribution in [0.3, 0.4) is 0 Å². The zero-order chi connectivity index (χ0) is 97.2. The maximum atomic E-state index is 6.15. The Hall–Kier alpha value is -13.8. The molecule has 9 aromatic heterocycles. The number of fused-ring (bicyclic) bond motifs is 12. The molecule has 0 N–H and O–H groups in total. The largest absolute Gasteiger partial charge is 0.455 e. The fourth-order valence-electron chi connectivity index (χ4n) is 16.1. The second-order valence-electron chi connectivity index (χ2n) is 34.6. The molecule has 0 amide bonds. The molecule has 2 unspecified atom stereocenters. The number of para-hydroxylation sites is 6. The van der Waals surface area contributed by atoms with E-state index < -0.39 is 0 Å². The number of aromatic nitrogens is 17. The molecule has 22 aromatic rings. The molecule has 0 aliphatic heterocycles. The number of nitrogens with zero attached hydrogens (tertiary/aromatic N) is 17. The van der Waals surface area contributed by atoms with Crippen molar-refractivity contribution in [3.05, 3.63) is 433 Å². The molecule has 0 radical (unpaired) electrons. The second kappa shape index (κ2) is 45.4. The fraction of sp³-hybridized carbons (Fsp3) is 0.114. The van der Waals surface area contributed by atoms with Crippen molar-refractivity contribution in [3.8, 4) is 90.6 Å². The lowest BCUT2D eigenvalue weighted by atomic mass is 9.89. The average molecular weight is 2130 g/mol. The Morgan fingerprint density at radius 2 is 0.686 bits per heavy atom. The molecule has 1 saturated carbocycles. The number of furan rings is 1. The topological polar surface area (TPSA) is 232 Å². The predicted molar refractivity (Wildman–Crippen MR) is 580 cm³/mol. The summed E-state index contributed by atoms with van der Waals surface area (Å²) in [6.07, 6.45) is 11.2. The van der Waals surface area contributed by atoms with Crippen LogP contribution >= 0.6 is 106 Å². The predicted octanol–water partition coefficient (Wildman–Crippen LogP) is 32.6. The SMILES string of the molecule is Brc1ccc(-c2nc(-c3ccccc3)cc(-c3ccccc3)n2)cc1.Brc1ccc(-c2nc(-c3ccccc3)nc(-c3ccccc3)n2)cc1.CC(C)(C)c1cnc(Br)nc1.CC(C)(C)c1nc(Cl)nc2ccccc12.Clc1nc(-c2cccc3c2oc2ccccc23)c2ccccc2n1.Clc1nc(-c2ccccc2)c2ccccc2n1.Clc1ncc2c(n1)C1CCC2C1.Clc1ncc2ccccc2n1. The van der Waals surface area contributed by atoms with Crippen molar-refractivity contribution in [2.75, 3.05) is 0 Å². The number of halogens is 8. The summed E-state index contributed by atoms with van der Waals surface area (Å²) < 4.78 is 8.83.